The Morgan fingerprint density at radius 2 is 1.50 bits per heavy atom. The number of para-hydroxylation sites is 1. The molecule has 1 heterocycles. The lowest BCUT2D eigenvalue weighted by atomic mass is 10.1. The molecule has 0 N–H and O–H groups in total. The van der Waals surface area contributed by atoms with Crippen LogP contribution < -0.4 is 0 Å². The van der Waals surface area contributed by atoms with Crippen molar-refractivity contribution in [1.82, 2.24) is 4.57 Å². The van der Waals surface area contributed by atoms with Crippen LogP contribution in [0.2, 0.25) is 0 Å². The third-order valence-electron chi connectivity index (χ3n) is 4.10. The molecule has 0 bridgehead atoms. The van der Waals surface area contributed by atoms with Crippen molar-refractivity contribution < 1.29 is 0 Å². The number of nitrogens with zero attached hydrogens (tertiary/aromatic N) is 1. The first kappa shape index (κ1) is 12.7. The third kappa shape index (κ3) is 1.82. The fourth-order valence-electron chi connectivity index (χ4n) is 3.08. The fourth-order valence-corrected chi connectivity index (χ4v) is 3.08. The van der Waals surface area contributed by atoms with E-state index in [0.717, 1.165) is 5.56 Å². The number of terminal acetylenes is 1. The highest BCUT2D eigenvalue weighted by Gasteiger charge is 2.12. The summed E-state index contributed by atoms with van der Waals surface area (Å²) in [6, 6.07) is 23.2. The maximum Gasteiger partial charge on any atom is 0.0541 e. The SMILES string of the molecule is C#Cc1ccc2c(c1)c1cc(C)ccc1n2-c1ccccc1. The lowest BCUT2D eigenvalue weighted by Crippen LogP contribution is -1.92. The van der Waals surface area contributed by atoms with Crippen LogP contribution in [0, 0.1) is 19.3 Å². The summed E-state index contributed by atoms with van der Waals surface area (Å²) in [5.74, 6) is 2.74. The van der Waals surface area contributed by atoms with E-state index in [2.05, 4.69) is 72.0 Å². The summed E-state index contributed by atoms with van der Waals surface area (Å²) in [5, 5.41) is 2.45. The topological polar surface area (TPSA) is 4.93 Å². The van der Waals surface area contributed by atoms with Crippen molar-refractivity contribution in [1.29, 1.82) is 0 Å². The summed E-state index contributed by atoms with van der Waals surface area (Å²) in [7, 11) is 0. The van der Waals surface area contributed by atoms with Gasteiger partial charge < -0.3 is 4.57 Å². The highest BCUT2D eigenvalue weighted by atomic mass is 15.0. The van der Waals surface area contributed by atoms with Gasteiger partial charge in [0, 0.05) is 22.0 Å². The van der Waals surface area contributed by atoms with Crippen LogP contribution in [0.15, 0.2) is 66.7 Å². The number of hydrogen-bond acceptors (Lipinski definition) is 0. The summed E-state index contributed by atoms with van der Waals surface area (Å²) >= 11 is 0. The van der Waals surface area contributed by atoms with Gasteiger partial charge in [0.05, 0.1) is 11.0 Å². The number of rotatable bonds is 1. The molecule has 0 spiro atoms. The van der Waals surface area contributed by atoms with Crippen LogP contribution in [-0.2, 0) is 0 Å². The molecule has 0 unspecified atom stereocenters. The van der Waals surface area contributed by atoms with Crippen LogP contribution in [-0.4, -0.2) is 4.57 Å². The lowest BCUT2D eigenvalue weighted by Gasteiger charge is -2.07. The highest BCUT2D eigenvalue weighted by Crippen LogP contribution is 2.33. The first-order valence-electron chi connectivity index (χ1n) is 7.35. The molecule has 4 aromatic rings. The zero-order valence-electron chi connectivity index (χ0n) is 12.4. The molecule has 1 nitrogen and oxygen atoms in total. The zero-order chi connectivity index (χ0) is 15.1. The van der Waals surface area contributed by atoms with Crippen molar-refractivity contribution in [2.75, 3.05) is 0 Å². The van der Waals surface area contributed by atoms with E-state index in [-0.39, 0.29) is 0 Å². The molecule has 0 radical (unpaired) electrons. The van der Waals surface area contributed by atoms with Gasteiger partial charge in [-0.2, -0.15) is 0 Å². The van der Waals surface area contributed by atoms with E-state index in [4.69, 9.17) is 6.42 Å². The Morgan fingerprint density at radius 1 is 0.818 bits per heavy atom. The minimum atomic E-state index is 0.918. The Hall–Kier alpha value is -2.98. The highest BCUT2D eigenvalue weighted by molar-refractivity contribution is 6.09. The second-order valence-corrected chi connectivity index (χ2v) is 5.57. The molecule has 1 heteroatoms. The van der Waals surface area contributed by atoms with Crippen LogP contribution in [0.25, 0.3) is 27.5 Å². The molecule has 0 fully saturated rings. The molecule has 3 aromatic carbocycles. The maximum atomic E-state index is 5.58. The molecule has 1 aromatic heterocycles. The third-order valence-corrected chi connectivity index (χ3v) is 4.10. The monoisotopic (exact) mass is 281 g/mol. The van der Waals surface area contributed by atoms with E-state index in [1.807, 2.05) is 12.1 Å². The van der Waals surface area contributed by atoms with Crippen LogP contribution in [0.3, 0.4) is 0 Å². The van der Waals surface area contributed by atoms with Crippen LogP contribution in [0.5, 0.6) is 0 Å². The lowest BCUT2D eigenvalue weighted by molar-refractivity contribution is 1.18. The molecule has 4 rings (SSSR count). The number of hydrogen-bond donors (Lipinski definition) is 0. The summed E-state index contributed by atoms with van der Waals surface area (Å²) in [4.78, 5) is 0. The first-order chi connectivity index (χ1) is 10.8. The zero-order valence-corrected chi connectivity index (χ0v) is 12.4. The summed E-state index contributed by atoms with van der Waals surface area (Å²) in [6.07, 6.45) is 5.58. The van der Waals surface area contributed by atoms with Gasteiger partial charge in [0.15, 0.2) is 0 Å². The number of fused-ring (bicyclic) bond motifs is 3. The summed E-state index contributed by atoms with van der Waals surface area (Å²) < 4.78 is 2.30. The molecule has 104 valence electrons. The van der Waals surface area contributed by atoms with Gasteiger partial charge >= 0.3 is 0 Å². The van der Waals surface area contributed by atoms with Crippen molar-refractivity contribution in [3.8, 4) is 18.0 Å². The predicted octanol–water partition coefficient (Wildman–Crippen LogP) is 5.07. The number of aryl methyl sites for hydroxylation is 1. The van der Waals surface area contributed by atoms with Gasteiger partial charge in [0.2, 0.25) is 0 Å². The van der Waals surface area contributed by atoms with Crippen LogP contribution >= 0.6 is 0 Å². The molecule has 0 aliphatic carbocycles. The maximum absolute atomic E-state index is 5.58. The molecule has 0 atom stereocenters. The molecular formula is C21H15N. The van der Waals surface area contributed by atoms with Crippen molar-refractivity contribution >= 4 is 21.8 Å². The van der Waals surface area contributed by atoms with Crippen molar-refractivity contribution in [2.24, 2.45) is 0 Å². The first-order valence-corrected chi connectivity index (χ1v) is 7.35. The largest absolute Gasteiger partial charge is 0.309 e. The number of aromatic nitrogens is 1. The molecule has 22 heavy (non-hydrogen) atoms. The van der Waals surface area contributed by atoms with Gasteiger partial charge in [0.25, 0.3) is 0 Å². The van der Waals surface area contributed by atoms with E-state index in [1.165, 1.54) is 33.1 Å². The van der Waals surface area contributed by atoms with Crippen molar-refractivity contribution in [3.63, 3.8) is 0 Å². The Balaban J connectivity index is 2.21. The Morgan fingerprint density at radius 3 is 2.23 bits per heavy atom. The van der Waals surface area contributed by atoms with E-state index >= 15 is 0 Å². The summed E-state index contributed by atoms with van der Waals surface area (Å²) in [5.41, 5.74) is 5.73. The molecule has 0 aliphatic rings. The second-order valence-electron chi connectivity index (χ2n) is 5.57. The van der Waals surface area contributed by atoms with E-state index < -0.39 is 0 Å². The number of benzene rings is 3. The van der Waals surface area contributed by atoms with Gasteiger partial charge in [-0.05, 0) is 49.4 Å². The summed E-state index contributed by atoms with van der Waals surface area (Å²) in [6.45, 7) is 2.12. The fraction of sp³-hybridized carbons (Fsp3) is 0.0476. The minimum Gasteiger partial charge on any atom is -0.309 e. The standard InChI is InChI=1S/C21H15N/c1-3-16-10-12-21-19(14-16)18-13-15(2)9-11-20(18)22(21)17-7-5-4-6-8-17/h1,4-14H,2H3. The quantitative estimate of drug-likeness (QED) is 0.429. The molecule has 0 aliphatic heterocycles. The molecule has 0 amide bonds. The Labute approximate surface area is 129 Å². The van der Waals surface area contributed by atoms with Crippen molar-refractivity contribution in [3.05, 3.63) is 77.9 Å². The molecular weight excluding hydrogens is 266 g/mol. The Bertz CT molecular complexity index is 1030. The minimum absolute atomic E-state index is 0.918. The predicted molar refractivity (Wildman–Crippen MR) is 93.5 cm³/mol. The molecule has 0 saturated carbocycles. The average Bonchev–Trinajstić information content (AvgIpc) is 2.88. The van der Waals surface area contributed by atoms with Gasteiger partial charge in [-0.25, -0.2) is 0 Å². The van der Waals surface area contributed by atoms with Crippen molar-refractivity contribution in [2.45, 2.75) is 6.92 Å². The van der Waals surface area contributed by atoms with Crippen LogP contribution in [0.1, 0.15) is 11.1 Å². The van der Waals surface area contributed by atoms with Gasteiger partial charge in [-0.1, -0.05) is 35.7 Å². The molecule has 0 saturated heterocycles. The average molecular weight is 281 g/mol. The van der Waals surface area contributed by atoms with Gasteiger partial charge in [0.1, 0.15) is 0 Å². The van der Waals surface area contributed by atoms with E-state index in [0.29, 0.717) is 0 Å². The normalized spacial score (nSPS) is 10.9. The smallest absolute Gasteiger partial charge is 0.0541 e. The van der Waals surface area contributed by atoms with E-state index in [1.54, 1.807) is 0 Å². The van der Waals surface area contributed by atoms with Crippen LogP contribution in [0.4, 0.5) is 0 Å². The second kappa shape index (κ2) is 4.79. The Kier molecular flexibility index (Phi) is 2.77. The van der Waals surface area contributed by atoms with Gasteiger partial charge in [-0.3, -0.25) is 0 Å². The van der Waals surface area contributed by atoms with E-state index in [9.17, 15) is 0 Å². The van der Waals surface area contributed by atoms with Gasteiger partial charge in [-0.15, -0.1) is 6.42 Å².